The number of sulfone groups is 1. The van der Waals surface area contributed by atoms with Gasteiger partial charge in [0.2, 0.25) is 0 Å². The fraction of sp³-hybridized carbons (Fsp3) is 0.524. The Balaban J connectivity index is 0.00000450. The molecule has 0 unspecified atom stereocenters. The number of hydrogen-bond acceptors (Lipinski definition) is 4. The highest BCUT2D eigenvalue weighted by Gasteiger charge is 2.15. The Hall–Kier alpha value is -1.62. The Bertz CT molecular complexity index is 937. The first-order valence-electron chi connectivity index (χ1n) is 9.86. The molecule has 7 nitrogen and oxygen atoms in total. The Kier molecular flexibility index (Phi) is 10.3. The van der Waals surface area contributed by atoms with Crippen molar-refractivity contribution in [2.45, 2.75) is 45.5 Å². The van der Waals surface area contributed by atoms with E-state index in [-0.39, 0.29) is 29.7 Å². The van der Waals surface area contributed by atoms with Gasteiger partial charge in [-0.05, 0) is 24.0 Å². The van der Waals surface area contributed by atoms with E-state index in [1.165, 1.54) is 11.8 Å². The predicted molar refractivity (Wildman–Crippen MR) is 134 cm³/mol. The van der Waals surface area contributed by atoms with Crippen LogP contribution in [0.3, 0.4) is 0 Å². The molecule has 0 saturated heterocycles. The molecule has 0 saturated carbocycles. The minimum absolute atomic E-state index is 0. The molecule has 30 heavy (non-hydrogen) atoms. The van der Waals surface area contributed by atoms with Crippen LogP contribution >= 0.6 is 24.0 Å². The number of guanidine groups is 1. The minimum atomic E-state index is -3.02. The van der Waals surface area contributed by atoms with Gasteiger partial charge in [0, 0.05) is 45.2 Å². The van der Waals surface area contributed by atoms with E-state index in [1.54, 1.807) is 0 Å². The van der Waals surface area contributed by atoms with E-state index in [2.05, 4.69) is 35.4 Å². The van der Waals surface area contributed by atoms with Crippen molar-refractivity contribution in [2.75, 3.05) is 19.8 Å². The number of nitrogens with one attached hydrogen (secondary N) is 1. The molecule has 9 heteroatoms. The summed E-state index contributed by atoms with van der Waals surface area (Å²) in [6.45, 7) is 8.38. The molecule has 0 fully saturated rings. The van der Waals surface area contributed by atoms with Gasteiger partial charge in [0.15, 0.2) is 15.8 Å². The van der Waals surface area contributed by atoms with Gasteiger partial charge in [-0.15, -0.1) is 24.0 Å². The van der Waals surface area contributed by atoms with E-state index in [1.807, 2.05) is 50.0 Å². The average Bonchev–Trinajstić information content (AvgIpc) is 2.99. The molecule has 0 bridgehead atoms. The zero-order valence-electron chi connectivity index (χ0n) is 18.7. The minimum Gasteiger partial charge on any atom is -0.357 e. The van der Waals surface area contributed by atoms with Crippen molar-refractivity contribution in [3.8, 4) is 0 Å². The SMILES string of the molecule is CCNC(=NCc1ccc(CS(C)(=O)=O)cc1)N(C)Cc1cn(C)nc1C(C)C.I. The molecule has 1 aromatic heterocycles. The second-order valence-corrected chi connectivity index (χ2v) is 9.92. The Morgan fingerprint density at radius 2 is 1.83 bits per heavy atom. The van der Waals surface area contributed by atoms with Crippen molar-refractivity contribution in [3.05, 3.63) is 52.8 Å². The maximum Gasteiger partial charge on any atom is 0.194 e. The van der Waals surface area contributed by atoms with Gasteiger partial charge in [-0.1, -0.05) is 38.1 Å². The molecule has 168 valence electrons. The summed E-state index contributed by atoms with van der Waals surface area (Å²) in [5, 5.41) is 7.92. The van der Waals surface area contributed by atoms with E-state index in [0.717, 1.165) is 35.9 Å². The second-order valence-electron chi connectivity index (χ2n) is 7.78. The van der Waals surface area contributed by atoms with Gasteiger partial charge in [0.25, 0.3) is 0 Å². The highest BCUT2D eigenvalue weighted by atomic mass is 127. The molecular weight excluding hydrogens is 513 g/mol. The molecule has 0 atom stereocenters. The summed E-state index contributed by atoms with van der Waals surface area (Å²) in [6.07, 6.45) is 3.31. The average molecular weight is 548 g/mol. The van der Waals surface area contributed by atoms with Gasteiger partial charge in [0.05, 0.1) is 18.0 Å². The number of aromatic nitrogens is 2. The normalized spacial score (nSPS) is 12.0. The van der Waals surface area contributed by atoms with Crippen molar-refractivity contribution >= 4 is 39.8 Å². The summed E-state index contributed by atoms with van der Waals surface area (Å²) < 4.78 is 24.7. The highest BCUT2D eigenvalue weighted by Crippen LogP contribution is 2.18. The predicted octanol–water partition coefficient (Wildman–Crippen LogP) is 3.30. The van der Waals surface area contributed by atoms with E-state index >= 15 is 0 Å². The fourth-order valence-electron chi connectivity index (χ4n) is 3.17. The third kappa shape index (κ3) is 8.25. The number of hydrogen-bond donors (Lipinski definition) is 1. The third-order valence-corrected chi connectivity index (χ3v) is 5.31. The van der Waals surface area contributed by atoms with Crippen LogP contribution in [0.1, 0.15) is 49.1 Å². The molecule has 0 radical (unpaired) electrons. The topological polar surface area (TPSA) is 79.6 Å². The first kappa shape index (κ1) is 26.4. The van der Waals surface area contributed by atoms with Gasteiger partial charge < -0.3 is 10.2 Å². The van der Waals surface area contributed by atoms with Crippen LogP contribution in [-0.2, 0) is 35.7 Å². The summed E-state index contributed by atoms with van der Waals surface area (Å²) in [5.41, 5.74) is 4.13. The molecule has 0 aliphatic heterocycles. The molecule has 1 aromatic carbocycles. The summed E-state index contributed by atoms with van der Waals surface area (Å²) in [7, 11) is 0.945. The largest absolute Gasteiger partial charge is 0.357 e. The van der Waals surface area contributed by atoms with Crippen LogP contribution in [0.2, 0.25) is 0 Å². The lowest BCUT2D eigenvalue weighted by Crippen LogP contribution is -2.38. The summed E-state index contributed by atoms with van der Waals surface area (Å²) in [4.78, 5) is 6.85. The zero-order valence-corrected chi connectivity index (χ0v) is 21.9. The number of aliphatic imine (C=N–C) groups is 1. The van der Waals surface area contributed by atoms with Crippen LogP contribution in [0.15, 0.2) is 35.5 Å². The summed E-state index contributed by atoms with van der Waals surface area (Å²) in [6, 6.07) is 7.58. The molecule has 1 N–H and O–H groups in total. The first-order valence-corrected chi connectivity index (χ1v) is 11.9. The van der Waals surface area contributed by atoms with Crippen LogP contribution in [0, 0.1) is 0 Å². The van der Waals surface area contributed by atoms with Crippen molar-refractivity contribution in [1.29, 1.82) is 0 Å². The zero-order chi connectivity index (χ0) is 21.6. The molecular formula is C21H34IN5O2S. The van der Waals surface area contributed by atoms with Crippen molar-refractivity contribution in [1.82, 2.24) is 20.0 Å². The van der Waals surface area contributed by atoms with Gasteiger partial charge in [0.1, 0.15) is 0 Å². The van der Waals surface area contributed by atoms with Crippen LogP contribution in [0.25, 0.3) is 0 Å². The van der Waals surface area contributed by atoms with E-state index in [9.17, 15) is 8.42 Å². The van der Waals surface area contributed by atoms with Gasteiger partial charge in [-0.25, -0.2) is 13.4 Å². The van der Waals surface area contributed by atoms with Gasteiger partial charge in [-0.3, -0.25) is 4.68 Å². The lowest BCUT2D eigenvalue weighted by molar-refractivity contribution is 0.473. The third-order valence-electron chi connectivity index (χ3n) is 4.45. The molecule has 0 spiro atoms. The number of benzene rings is 1. The van der Waals surface area contributed by atoms with E-state index in [4.69, 9.17) is 4.99 Å². The Morgan fingerprint density at radius 1 is 1.23 bits per heavy atom. The van der Waals surface area contributed by atoms with Crippen molar-refractivity contribution < 1.29 is 8.42 Å². The van der Waals surface area contributed by atoms with Crippen LogP contribution in [-0.4, -0.2) is 48.9 Å². The summed E-state index contributed by atoms with van der Waals surface area (Å²) in [5.74, 6) is 1.25. The number of aryl methyl sites for hydroxylation is 1. The molecule has 1 heterocycles. The lowest BCUT2D eigenvalue weighted by Gasteiger charge is -2.22. The maximum absolute atomic E-state index is 11.4. The number of nitrogens with zero attached hydrogens (tertiary/aromatic N) is 4. The first-order chi connectivity index (χ1) is 13.6. The molecule has 0 aliphatic rings. The smallest absolute Gasteiger partial charge is 0.194 e. The monoisotopic (exact) mass is 547 g/mol. The maximum atomic E-state index is 11.4. The van der Waals surface area contributed by atoms with Crippen molar-refractivity contribution in [3.63, 3.8) is 0 Å². The van der Waals surface area contributed by atoms with E-state index < -0.39 is 9.84 Å². The van der Waals surface area contributed by atoms with Crippen LogP contribution in [0.4, 0.5) is 0 Å². The summed E-state index contributed by atoms with van der Waals surface area (Å²) >= 11 is 0. The Labute approximate surface area is 197 Å². The van der Waals surface area contributed by atoms with Gasteiger partial charge in [-0.2, -0.15) is 5.10 Å². The molecule has 2 aromatic rings. The van der Waals surface area contributed by atoms with Crippen LogP contribution < -0.4 is 5.32 Å². The lowest BCUT2D eigenvalue weighted by atomic mass is 10.1. The second kappa shape index (κ2) is 11.7. The fourth-order valence-corrected chi connectivity index (χ4v) is 3.97. The van der Waals surface area contributed by atoms with Crippen LogP contribution in [0.5, 0.6) is 0 Å². The highest BCUT2D eigenvalue weighted by molar-refractivity contribution is 14.0. The molecule has 0 amide bonds. The Morgan fingerprint density at radius 3 is 2.37 bits per heavy atom. The number of halogens is 1. The molecule has 0 aliphatic carbocycles. The molecule has 2 rings (SSSR count). The van der Waals surface area contributed by atoms with E-state index in [0.29, 0.717) is 12.5 Å². The quantitative estimate of drug-likeness (QED) is 0.312. The van der Waals surface area contributed by atoms with Gasteiger partial charge >= 0.3 is 0 Å². The number of rotatable bonds is 8. The standard InChI is InChI=1S/C21H33N5O2S.HI/c1-7-22-21(25(4)13-19-14-26(5)24-20(19)16(2)3)23-12-17-8-10-18(11-9-17)15-29(6,27)28;/h8-11,14,16H,7,12-13,15H2,1-6H3,(H,22,23);1H. The van der Waals surface area contributed by atoms with Crippen molar-refractivity contribution in [2.24, 2.45) is 12.0 Å².